The molecule has 2 aliphatic heterocycles. The quantitative estimate of drug-likeness (QED) is 0.799. The Hall–Kier alpha value is -2.89. The number of methoxy groups -OCH3 is 2. The van der Waals surface area contributed by atoms with Crippen molar-refractivity contribution < 1.29 is 14.3 Å². The summed E-state index contributed by atoms with van der Waals surface area (Å²) in [5.41, 5.74) is 3.00. The second-order valence-electron chi connectivity index (χ2n) is 7.63. The average Bonchev–Trinajstić information content (AvgIpc) is 3.45. The Morgan fingerprint density at radius 1 is 1.00 bits per heavy atom. The first kappa shape index (κ1) is 19.4. The Balaban J connectivity index is 1.52. The maximum absolute atomic E-state index is 13.1. The number of hydrogen-bond donors (Lipinski definition) is 1. The van der Waals surface area contributed by atoms with Crippen molar-refractivity contribution in [3.05, 3.63) is 48.0 Å². The molecule has 0 radical (unpaired) electrons. The van der Waals surface area contributed by atoms with Crippen molar-refractivity contribution >= 4 is 17.4 Å². The molecule has 1 unspecified atom stereocenters. The molecule has 4 rings (SSSR count). The highest BCUT2D eigenvalue weighted by Crippen LogP contribution is 2.39. The van der Waals surface area contributed by atoms with Crippen LogP contribution < -0.4 is 19.7 Å². The predicted octanol–water partition coefficient (Wildman–Crippen LogP) is 4.67. The van der Waals surface area contributed by atoms with Crippen molar-refractivity contribution in [2.45, 2.75) is 31.7 Å². The Morgan fingerprint density at radius 3 is 2.59 bits per heavy atom. The molecule has 1 N–H and O–H groups in total. The van der Waals surface area contributed by atoms with Gasteiger partial charge in [-0.1, -0.05) is 6.07 Å². The minimum atomic E-state index is -0.0732. The standard InChI is InChI=1S/C23H29N3O3/c1-28-19-10-11-22(29-2)20(16-19)21-9-6-14-26(21)23(27)24-17-7-5-8-18(15-17)25-12-3-4-13-25/h5,7-8,10-11,15-16,21H,3-4,6,9,12-14H2,1-2H3,(H,24,27). The van der Waals surface area contributed by atoms with Gasteiger partial charge >= 0.3 is 6.03 Å². The Bertz CT molecular complexity index is 864. The maximum Gasteiger partial charge on any atom is 0.322 e. The normalized spacial score (nSPS) is 18.8. The lowest BCUT2D eigenvalue weighted by atomic mass is 10.0. The fraction of sp³-hybridized carbons (Fsp3) is 0.435. The van der Waals surface area contributed by atoms with Crippen molar-refractivity contribution in [1.82, 2.24) is 4.90 Å². The molecule has 2 saturated heterocycles. The van der Waals surface area contributed by atoms with Crippen LogP contribution in [0.4, 0.5) is 16.2 Å². The minimum Gasteiger partial charge on any atom is -0.497 e. The second-order valence-corrected chi connectivity index (χ2v) is 7.63. The van der Waals surface area contributed by atoms with Crippen LogP contribution in [0.25, 0.3) is 0 Å². The van der Waals surface area contributed by atoms with Crippen LogP contribution in [-0.2, 0) is 0 Å². The summed E-state index contributed by atoms with van der Waals surface area (Å²) in [4.78, 5) is 17.4. The lowest BCUT2D eigenvalue weighted by Gasteiger charge is -2.27. The highest BCUT2D eigenvalue weighted by atomic mass is 16.5. The molecule has 2 aromatic carbocycles. The van der Waals surface area contributed by atoms with Gasteiger partial charge in [0.1, 0.15) is 11.5 Å². The van der Waals surface area contributed by atoms with E-state index in [0.717, 1.165) is 55.2 Å². The fourth-order valence-corrected chi connectivity index (χ4v) is 4.38. The molecule has 0 spiro atoms. The molecule has 2 heterocycles. The van der Waals surface area contributed by atoms with E-state index >= 15 is 0 Å². The highest BCUT2D eigenvalue weighted by Gasteiger charge is 2.32. The zero-order valence-electron chi connectivity index (χ0n) is 17.2. The van der Waals surface area contributed by atoms with E-state index < -0.39 is 0 Å². The highest BCUT2D eigenvalue weighted by molar-refractivity contribution is 5.90. The maximum atomic E-state index is 13.1. The van der Waals surface area contributed by atoms with Crippen LogP contribution in [0, 0.1) is 0 Å². The van der Waals surface area contributed by atoms with E-state index in [4.69, 9.17) is 9.47 Å². The van der Waals surface area contributed by atoms with E-state index in [-0.39, 0.29) is 12.1 Å². The van der Waals surface area contributed by atoms with Gasteiger partial charge in [-0.05, 0) is 62.1 Å². The summed E-state index contributed by atoms with van der Waals surface area (Å²) in [5, 5.41) is 3.10. The number of likely N-dealkylation sites (tertiary alicyclic amines) is 1. The summed E-state index contributed by atoms with van der Waals surface area (Å²) >= 11 is 0. The van der Waals surface area contributed by atoms with Crippen LogP contribution in [0.15, 0.2) is 42.5 Å². The van der Waals surface area contributed by atoms with Gasteiger partial charge < -0.3 is 24.6 Å². The molecule has 0 aromatic heterocycles. The number of ether oxygens (including phenoxy) is 2. The Kier molecular flexibility index (Phi) is 5.79. The average molecular weight is 396 g/mol. The zero-order chi connectivity index (χ0) is 20.2. The lowest BCUT2D eigenvalue weighted by molar-refractivity contribution is 0.206. The van der Waals surface area contributed by atoms with Crippen molar-refractivity contribution in [1.29, 1.82) is 0 Å². The van der Waals surface area contributed by atoms with E-state index in [1.165, 1.54) is 18.5 Å². The van der Waals surface area contributed by atoms with Crippen LogP contribution in [0.3, 0.4) is 0 Å². The van der Waals surface area contributed by atoms with Crippen molar-refractivity contribution in [2.75, 3.05) is 44.1 Å². The number of anilines is 2. The number of rotatable bonds is 5. The fourth-order valence-electron chi connectivity index (χ4n) is 4.38. The summed E-state index contributed by atoms with van der Waals surface area (Å²) in [6.07, 6.45) is 4.33. The van der Waals surface area contributed by atoms with Crippen molar-refractivity contribution in [3.63, 3.8) is 0 Å². The Labute approximate surface area is 172 Å². The van der Waals surface area contributed by atoms with E-state index in [1.54, 1.807) is 14.2 Å². The summed E-state index contributed by atoms with van der Waals surface area (Å²) in [6, 6.07) is 13.8. The van der Waals surface area contributed by atoms with E-state index in [0.29, 0.717) is 0 Å². The molecule has 29 heavy (non-hydrogen) atoms. The number of carbonyl (C=O) groups excluding carboxylic acids is 1. The number of amides is 2. The van der Waals surface area contributed by atoms with Gasteiger partial charge in [-0.15, -0.1) is 0 Å². The Morgan fingerprint density at radius 2 is 1.83 bits per heavy atom. The third kappa shape index (κ3) is 4.11. The van der Waals surface area contributed by atoms with Crippen LogP contribution in [0.5, 0.6) is 11.5 Å². The van der Waals surface area contributed by atoms with Crippen LogP contribution in [0.2, 0.25) is 0 Å². The number of hydrogen-bond acceptors (Lipinski definition) is 4. The molecule has 6 heteroatoms. The summed E-state index contributed by atoms with van der Waals surface area (Å²) in [6.45, 7) is 2.89. The summed E-state index contributed by atoms with van der Waals surface area (Å²) in [5.74, 6) is 1.55. The monoisotopic (exact) mass is 395 g/mol. The molecule has 2 aromatic rings. The molecule has 2 amide bonds. The zero-order valence-corrected chi connectivity index (χ0v) is 17.2. The summed E-state index contributed by atoms with van der Waals surface area (Å²) in [7, 11) is 3.31. The number of benzene rings is 2. The molecule has 2 fully saturated rings. The van der Waals surface area contributed by atoms with Gasteiger partial charge in [0.15, 0.2) is 0 Å². The molecular formula is C23H29N3O3. The number of nitrogens with one attached hydrogen (secondary N) is 1. The first-order valence-electron chi connectivity index (χ1n) is 10.3. The molecule has 0 saturated carbocycles. The third-order valence-electron chi connectivity index (χ3n) is 5.88. The van der Waals surface area contributed by atoms with Crippen LogP contribution in [0.1, 0.15) is 37.3 Å². The molecular weight excluding hydrogens is 366 g/mol. The molecule has 1 atom stereocenters. The summed E-state index contributed by atoms with van der Waals surface area (Å²) < 4.78 is 10.9. The van der Waals surface area contributed by atoms with Gasteiger partial charge in [0.05, 0.1) is 20.3 Å². The molecule has 0 aliphatic carbocycles. The smallest absolute Gasteiger partial charge is 0.322 e. The van der Waals surface area contributed by atoms with Gasteiger partial charge in [-0.3, -0.25) is 0 Å². The SMILES string of the molecule is COc1ccc(OC)c(C2CCCN2C(=O)Nc2cccc(N3CCCC3)c2)c1. The number of carbonyl (C=O) groups is 1. The van der Waals surface area contributed by atoms with Gasteiger partial charge in [0.25, 0.3) is 0 Å². The lowest BCUT2D eigenvalue weighted by Crippen LogP contribution is -2.34. The van der Waals surface area contributed by atoms with E-state index in [1.807, 2.05) is 35.2 Å². The first-order valence-corrected chi connectivity index (χ1v) is 10.3. The number of nitrogens with zero attached hydrogens (tertiary/aromatic N) is 2. The van der Waals surface area contributed by atoms with Gasteiger partial charge in [-0.2, -0.15) is 0 Å². The minimum absolute atomic E-state index is 0.0261. The molecule has 154 valence electrons. The van der Waals surface area contributed by atoms with Gasteiger partial charge in [0, 0.05) is 36.6 Å². The third-order valence-corrected chi connectivity index (χ3v) is 5.88. The largest absolute Gasteiger partial charge is 0.497 e. The van der Waals surface area contributed by atoms with Crippen molar-refractivity contribution in [3.8, 4) is 11.5 Å². The van der Waals surface area contributed by atoms with Crippen LogP contribution >= 0.6 is 0 Å². The molecule has 2 aliphatic rings. The van der Waals surface area contributed by atoms with Crippen LogP contribution in [-0.4, -0.2) is 44.8 Å². The van der Waals surface area contributed by atoms with Crippen molar-refractivity contribution in [2.24, 2.45) is 0 Å². The number of urea groups is 1. The van der Waals surface area contributed by atoms with Gasteiger partial charge in [-0.25, -0.2) is 4.79 Å². The first-order chi connectivity index (χ1) is 14.2. The van der Waals surface area contributed by atoms with E-state index in [2.05, 4.69) is 22.3 Å². The predicted molar refractivity (Wildman–Crippen MR) is 115 cm³/mol. The molecule has 0 bridgehead atoms. The second kappa shape index (κ2) is 8.64. The van der Waals surface area contributed by atoms with Gasteiger partial charge in [0.2, 0.25) is 0 Å². The topological polar surface area (TPSA) is 54.0 Å². The van der Waals surface area contributed by atoms with E-state index in [9.17, 15) is 4.79 Å². The molecule has 6 nitrogen and oxygen atoms in total.